The number of nitrogens with zero attached hydrogens (tertiary/aromatic N) is 1. The van der Waals surface area contributed by atoms with Gasteiger partial charge in [-0.3, -0.25) is 4.98 Å². The quantitative estimate of drug-likeness (QED) is 0.830. The topological polar surface area (TPSA) is 50.9 Å². The number of benzene rings is 1. The summed E-state index contributed by atoms with van der Waals surface area (Å²) in [6.07, 6.45) is 1.72. The van der Waals surface area contributed by atoms with E-state index in [-0.39, 0.29) is 10.6 Å². The first-order valence-electron chi connectivity index (χ1n) is 5.40. The Morgan fingerprint density at radius 1 is 1.33 bits per heavy atom. The summed E-state index contributed by atoms with van der Waals surface area (Å²) in [5, 5.41) is 3.08. The number of nitrogens with one attached hydrogen (secondary N) is 1. The van der Waals surface area contributed by atoms with Gasteiger partial charge in [-0.15, -0.1) is 0 Å². The maximum atomic E-state index is 13.6. The molecule has 0 saturated heterocycles. The lowest BCUT2D eigenvalue weighted by atomic mass is 10.2. The predicted molar refractivity (Wildman–Crippen MR) is 73.9 cm³/mol. The van der Waals surface area contributed by atoms with Gasteiger partial charge in [0.05, 0.1) is 12.2 Å². The molecule has 2 rings (SSSR count). The fraction of sp³-hybridized carbons (Fsp3) is 0.0769. The molecule has 1 aromatic heterocycles. The van der Waals surface area contributed by atoms with Crippen molar-refractivity contribution in [1.82, 2.24) is 4.98 Å². The van der Waals surface area contributed by atoms with Crippen LogP contribution in [0, 0.1) is 5.82 Å². The van der Waals surface area contributed by atoms with Crippen molar-refractivity contribution in [2.45, 2.75) is 6.54 Å². The van der Waals surface area contributed by atoms with Crippen molar-refractivity contribution in [3.63, 3.8) is 0 Å². The van der Waals surface area contributed by atoms with Gasteiger partial charge in [0.15, 0.2) is 0 Å². The molecule has 0 radical (unpaired) electrons. The van der Waals surface area contributed by atoms with Gasteiger partial charge in [0, 0.05) is 17.4 Å². The number of pyridine rings is 1. The van der Waals surface area contributed by atoms with Gasteiger partial charge in [-0.1, -0.05) is 18.3 Å². The highest BCUT2D eigenvalue weighted by atomic mass is 32.1. The molecule has 5 heteroatoms. The zero-order valence-corrected chi connectivity index (χ0v) is 10.4. The van der Waals surface area contributed by atoms with Crippen molar-refractivity contribution >= 4 is 22.9 Å². The predicted octanol–water partition coefficient (Wildman–Crippen LogP) is 2.47. The van der Waals surface area contributed by atoms with Crippen molar-refractivity contribution in [2.24, 2.45) is 5.73 Å². The van der Waals surface area contributed by atoms with Crippen LogP contribution in [0.4, 0.5) is 10.1 Å². The molecule has 0 aliphatic heterocycles. The number of anilines is 1. The minimum absolute atomic E-state index is 0.0591. The Hall–Kier alpha value is -2.01. The molecule has 92 valence electrons. The molecular formula is C13H12FN3S. The first kappa shape index (κ1) is 12.4. The summed E-state index contributed by atoms with van der Waals surface area (Å²) >= 11 is 4.74. The minimum atomic E-state index is -0.423. The average Bonchev–Trinajstić information content (AvgIpc) is 2.37. The van der Waals surface area contributed by atoms with Crippen LogP contribution in [0.25, 0.3) is 0 Å². The molecule has 0 saturated carbocycles. The van der Waals surface area contributed by atoms with Crippen molar-refractivity contribution in [3.05, 3.63) is 59.7 Å². The summed E-state index contributed by atoms with van der Waals surface area (Å²) in [5.41, 5.74) is 7.20. The maximum absolute atomic E-state index is 13.6. The van der Waals surface area contributed by atoms with Crippen LogP contribution in [-0.2, 0) is 6.54 Å². The van der Waals surface area contributed by atoms with E-state index in [1.165, 1.54) is 6.07 Å². The standard InChI is InChI=1S/C13H12FN3S/c14-12-7-9(4-5-11(12)13(15)18)17-8-10-3-1-2-6-16-10/h1-7,17H,8H2,(H2,15,18). The highest BCUT2D eigenvalue weighted by Gasteiger charge is 2.05. The second-order valence-corrected chi connectivity index (χ2v) is 4.17. The molecule has 0 bridgehead atoms. The zero-order chi connectivity index (χ0) is 13.0. The number of hydrogen-bond acceptors (Lipinski definition) is 3. The molecule has 2 aromatic rings. The van der Waals surface area contributed by atoms with Gasteiger partial charge in [0.1, 0.15) is 10.8 Å². The molecule has 0 fully saturated rings. The van der Waals surface area contributed by atoms with Gasteiger partial charge < -0.3 is 11.1 Å². The summed E-state index contributed by atoms with van der Waals surface area (Å²) in [5.74, 6) is -0.423. The number of aromatic nitrogens is 1. The summed E-state index contributed by atoms with van der Waals surface area (Å²) in [7, 11) is 0. The summed E-state index contributed by atoms with van der Waals surface area (Å²) < 4.78 is 13.6. The molecule has 18 heavy (non-hydrogen) atoms. The Morgan fingerprint density at radius 3 is 2.78 bits per heavy atom. The molecule has 0 aliphatic carbocycles. The molecule has 0 aliphatic rings. The monoisotopic (exact) mass is 261 g/mol. The lowest BCUT2D eigenvalue weighted by Crippen LogP contribution is -2.12. The first-order valence-corrected chi connectivity index (χ1v) is 5.81. The Morgan fingerprint density at radius 2 is 2.17 bits per heavy atom. The Labute approximate surface area is 110 Å². The summed E-state index contributed by atoms with van der Waals surface area (Å²) in [6.45, 7) is 0.534. The molecule has 0 atom stereocenters. The van der Waals surface area contributed by atoms with Crippen LogP contribution in [0.3, 0.4) is 0 Å². The van der Waals surface area contributed by atoms with Crippen molar-refractivity contribution < 1.29 is 4.39 Å². The smallest absolute Gasteiger partial charge is 0.135 e. The van der Waals surface area contributed by atoms with E-state index in [0.29, 0.717) is 12.2 Å². The molecule has 3 N–H and O–H groups in total. The molecule has 1 aromatic carbocycles. The highest BCUT2D eigenvalue weighted by molar-refractivity contribution is 7.80. The number of halogens is 1. The SMILES string of the molecule is NC(=S)c1ccc(NCc2ccccn2)cc1F. The third kappa shape index (κ3) is 3.01. The second-order valence-electron chi connectivity index (χ2n) is 3.73. The Balaban J connectivity index is 2.07. The number of hydrogen-bond donors (Lipinski definition) is 2. The van der Waals surface area contributed by atoms with E-state index in [0.717, 1.165) is 5.69 Å². The normalized spacial score (nSPS) is 10.1. The summed E-state index contributed by atoms with van der Waals surface area (Å²) in [4.78, 5) is 4.22. The van der Waals surface area contributed by atoms with Crippen LogP contribution in [0.15, 0.2) is 42.6 Å². The molecule has 0 unspecified atom stereocenters. The van der Waals surface area contributed by atoms with Crippen molar-refractivity contribution in [1.29, 1.82) is 0 Å². The van der Waals surface area contributed by atoms with E-state index >= 15 is 0 Å². The third-order valence-electron chi connectivity index (χ3n) is 2.43. The molecule has 1 heterocycles. The van der Waals surface area contributed by atoms with E-state index in [4.69, 9.17) is 18.0 Å². The van der Waals surface area contributed by atoms with Crippen LogP contribution in [0.1, 0.15) is 11.3 Å². The van der Waals surface area contributed by atoms with Crippen LogP contribution < -0.4 is 11.1 Å². The van der Waals surface area contributed by atoms with E-state index in [9.17, 15) is 4.39 Å². The fourth-order valence-electron chi connectivity index (χ4n) is 1.52. The van der Waals surface area contributed by atoms with E-state index in [1.54, 1.807) is 18.3 Å². The first-order chi connectivity index (χ1) is 8.66. The third-order valence-corrected chi connectivity index (χ3v) is 2.65. The number of nitrogens with two attached hydrogens (primary N) is 1. The number of thiocarbonyl (C=S) groups is 1. The van der Waals surface area contributed by atoms with Crippen LogP contribution in [-0.4, -0.2) is 9.97 Å². The average molecular weight is 261 g/mol. The van der Waals surface area contributed by atoms with Gasteiger partial charge >= 0.3 is 0 Å². The highest BCUT2D eigenvalue weighted by Crippen LogP contribution is 2.15. The number of rotatable bonds is 4. The van der Waals surface area contributed by atoms with Crippen molar-refractivity contribution in [2.75, 3.05) is 5.32 Å². The lowest BCUT2D eigenvalue weighted by molar-refractivity contribution is 0.626. The summed E-state index contributed by atoms with van der Waals surface area (Å²) in [6, 6.07) is 10.3. The van der Waals surface area contributed by atoms with Crippen molar-refractivity contribution in [3.8, 4) is 0 Å². The zero-order valence-electron chi connectivity index (χ0n) is 9.56. The maximum Gasteiger partial charge on any atom is 0.135 e. The lowest BCUT2D eigenvalue weighted by Gasteiger charge is -2.07. The van der Waals surface area contributed by atoms with Gasteiger partial charge in [-0.05, 0) is 30.3 Å². The van der Waals surface area contributed by atoms with E-state index in [1.807, 2.05) is 18.2 Å². The van der Waals surface area contributed by atoms with Crippen LogP contribution in [0.2, 0.25) is 0 Å². The van der Waals surface area contributed by atoms with Gasteiger partial charge in [0.25, 0.3) is 0 Å². The largest absolute Gasteiger partial charge is 0.389 e. The van der Waals surface area contributed by atoms with E-state index in [2.05, 4.69) is 10.3 Å². The fourth-order valence-corrected chi connectivity index (χ4v) is 1.69. The molecule has 0 spiro atoms. The Bertz CT molecular complexity index is 557. The molecule has 3 nitrogen and oxygen atoms in total. The Kier molecular flexibility index (Phi) is 3.84. The second kappa shape index (κ2) is 5.55. The van der Waals surface area contributed by atoms with Gasteiger partial charge in [0.2, 0.25) is 0 Å². The van der Waals surface area contributed by atoms with E-state index < -0.39 is 5.82 Å². The van der Waals surface area contributed by atoms with Crippen LogP contribution >= 0.6 is 12.2 Å². The van der Waals surface area contributed by atoms with Crippen LogP contribution in [0.5, 0.6) is 0 Å². The van der Waals surface area contributed by atoms with Gasteiger partial charge in [-0.25, -0.2) is 4.39 Å². The minimum Gasteiger partial charge on any atom is -0.389 e. The molecular weight excluding hydrogens is 249 g/mol. The molecule has 0 amide bonds. The van der Waals surface area contributed by atoms with Gasteiger partial charge in [-0.2, -0.15) is 0 Å².